The molecule has 1 aliphatic rings. The third kappa shape index (κ3) is 1.47. The SMILES string of the molecule is CN[C@H]1CS(=O)(=O)C[C@H]1O. The van der Waals surface area contributed by atoms with Crippen LogP contribution in [0.25, 0.3) is 0 Å². The molecule has 5 heteroatoms. The minimum atomic E-state index is -2.97. The normalized spacial score (nSPS) is 38.2. The smallest absolute Gasteiger partial charge is 0.154 e. The summed E-state index contributed by atoms with van der Waals surface area (Å²) in [6, 6.07) is -0.273. The van der Waals surface area contributed by atoms with E-state index in [2.05, 4.69) is 5.32 Å². The number of aliphatic hydroxyl groups is 1. The average molecular weight is 165 g/mol. The van der Waals surface area contributed by atoms with Crippen LogP contribution in [0.2, 0.25) is 0 Å². The van der Waals surface area contributed by atoms with Crippen molar-refractivity contribution in [2.75, 3.05) is 18.6 Å². The molecule has 1 rings (SSSR count). The van der Waals surface area contributed by atoms with Crippen LogP contribution in [-0.2, 0) is 9.84 Å². The van der Waals surface area contributed by atoms with Gasteiger partial charge in [0.2, 0.25) is 0 Å². The molecule has 0 unspecified atom stereocenters. The first-order valence-corrected chi connectivity index (χ1v) is 4.93. The average Bonchev–Trinajstić information content (AvgIpc) is 2.05. The zero-order chi connectivity index (χ0) is 7.78. The lowest BCUT2D eigenvalue weighted by molar-refractivity contribution is 0.170. The Morgan fingerprint density at radius 2 is 2.10 bits per heavy atom. The number of hydrogen-bond acceptors (Lipinski definition) is 4. The fourth-order valence-corrected chi connectivity index (χ4v) is 2.93. The second kappa shape index (κ2) is 2.48. The molecule has 0 spiro atoms. The van der Waals surface area contributed by atoms with Crippen LogP contribution in [0.4, 0.5) is 0 Å². The van der Waals surface area contributed by atoms with Crippen molar-refractivity contribution in [3.8, 4) is 0 Å². The molecule has 60 valence electrons. The van der Waals surface area contributed by atoms with Gasteiger partial charge in [0.25, 0.3) is 0 Å². The summed E-state index contributed by atoms with van der Waals surface area (Å²) in [6.07, 6.45) is -0.727. The first-order valence-electron chi connectivity index (χ1n) is 3.11. The number of likely N-dealkylation sites (N-methyl/N-ethyl adjacent to an activating group) is 1. The van der Waals surface area contributed by atoms with E-state index in [1.54, 1.807) is 7.05 Å². The van der Waals surface area contributed by atoms with Gasteiger partial charge in [-0.25, -0.2) is 8.42 Å². The van der Waals surface area contributed by atoms with Gasteiger partial charge < -0.3 is 10.4 Å². The number of hydrogen-bond donors (Lipinski definition) is 2. The van der Waals surface area contributed by atoms with E-state index in [-0.39, 0.29) is 17.5 Å². The maximum atomic E-state index is 10.8. The van der Waals surface area contributed by atoms with E-state index >= 15 is 0 Å². The molecular formula is C5H11NO3S. The van der Waals surface area contributed by atoms with Gasteiger partial charge in [-0.05, 0) is 7.05 Å². The van der Waals surface area contributed by atoms with Gasteiger partial charge in [0.15, 0.2) is 9.84 Å². The molecular weight excluding hydrogens is 154 g/mol. The van der Waals surface area contributed by atoms with Crippen LogP contribution in [0.1, 0.15) is 0 Å². The van der Waals surface area contributed by atoms with Gasteiger partial charge in [0, 0.05) is 6.04 Å². The Morgan fingerprint density at radius 1 is 1.50 bits per heavy atom. The molecule has 0 amide bonds. The van der Waals surface area contributed by atoms with Gasteiger partial charge in [0.1, 0.15) is 0 Å². The molecule has 1 aliphatic heterocycles. The highest BCUT2D eigenvalue weighted by Gasteiger charge is 2.34. The summed E-state index contributed by atoms with van der Waals surface area (Å²) < 4.78 is 21.6. The first kappa shape index (κ1) is 7.97. The Bertz CT molecular complexity index is 211. The molecule has 0 saturated carbocycles. The van der Waals surface area contributed by atoms with E-state index in [0.29, 0.717) is 0 Å². The van der Waals surface area contributed by atoms with Crippen LogP contribution in [0, 0.1) is 0 Å². The maximum Gasteiger partial charge on any atom is 0.154 e. The highest BCUT2D eigenvalue weighted by molar-refractivity contribution is 7.91. The third-order valence-electron chi connectivity index (χ3n) is 1.69. The highest BCUT2D eigenvalue weighted by atomic mass is 32.2. The molecule has 10 heavy (non-hydrogen) atoms. The molecule has 4 nitrogen and oxygen atoms in total. The van der Waals surface area contributed by atoms with Crippen LogP contribution in [-0.4, -0.2) is 44.2 Å². The molecule has 0 aliphatic carbocycles. The molecule has 2 atom stereocenters. The van der Waals surface area contributed by atoms with Crippen molar-refractivity contribution in [2.24, 2.45) is 0 Å². The summed E-state index contributed by atoms with van der Waals surface area (Å²) in [5.41, 5.74) is 0. The predicted octanol–water partition coefficient (Wildman–Crippen LogP) is -1.64. The van der Waals surface area contributed by atoms with Gasteiger partial charge in [-0.15, -0.1) is 0 Å². The molecule has 0 radical (unpaired) electrons. The molecule has 0 aromatic heterocycles. The number of nitrogens with one attached hydrogen (secondary N) is 1. The number of aliphatic hydroxyl groups excluding tert-OH is 1. The van der Waals surface area contributed by atoms with E-state index in [9.17, 15) is 8.42 Å². The van der Waals surface area contributed by atoms with Gasteiger partial charge in [0.05, 0.1) is 17.6 Å². The summed E-state index contributed by atoms with van der Waals surface area (Å²) >= 11 is 0. The second-order valence-electron chi connectivity index (χ2n) is 2.54. The Labute approximate surface area is 60.2 Å². The van der Waals surface area contributed by atoms with E-state index < -0.39 is 15.9 Å². The van der Waals surface area contributed by atoms with Crippen LogP contribution in [0.15, 0.2) is 0 Å². The monoisotopic (exact) mass is 165 g/mol. The van der Waals surface area contributed by atoms with Crippen molar-refractivity contribution in [3.63, 3.8) is 0 Å². The maximum absolute atomic E-state index is 10.8. The Morgan fingerprint density at radius 3 is 2.30 bits per heavy atom. The summed E-state index contributed by atoms with van der Waals surface area (Å²) in [6.45, 7) is 0. The van der Waals surface area contributed by atoms with Crippen molar-refractivity contribution in [1.82, 2.24) is 5.32 Å². The van der Waals surface area contributed by atoms with Crippen molar-refractivity contribution in [3.05, 3.63) is 0 Å². The quantitative estimate of drug-likeness (QED) is 0.489. The van der Waals surface area contributed by atoms with Gasteiger partial charge in [-0.2, -0.15) is 0 Å². The van der Waals surface area contributed by atoms with E-state index in [1.165, 1.54) is 0 Å². The zero-order valence-corrected chi connectivity index (χ0v) is 6.56. The van der Waals surface area contributed by atoms with Crippen LogP contribution < -0.4 is 5.32 Å². The molecule has 1 saturated heterocycles. The van der Waals surface area contributed by atoms with Crippen molar-refractivity contribution < 1.29 is 13.5 Å². The molecule has 0 bridgehead atoms. The third-order valence-corrected chi connectivity index (χ3v) is 3.41. The summed E-state index contributed by atoms with van der Waals surface area (Å²) in [5, 5.41) is 11.8. The zero-order valence-electron chi connectivity index (χ0n) is 5.74. The minimum Gasteiger partial charge on any atom is -0.390 e. The number of rotatable bonds is 1. The summed E-state index contributed by atoms with van der Waals surface area (Å²) in [4.78, 5) is 0. The molecule has 0 aromatic carbocycles. The Balaban J connectivity index is 2.71. The second-order valence-corrected chi connectivity index (χ2v) is 4.69. The van der Waals surface area contributed by atoms with Crippen LogP contribution in [0.3, 0.4) is 0 Å². The van der Waals surface area contributed by atoms with E-state index in [4.69, 9.17) is 5.11 Å². The van der Waals surface area contributed by atoms with E-state index in [1.807, 2.05) is 0 Å². The molecule has 0 aromatic rings. The van der Waals surface area contributed by atoms with Gasteiger partial charge >= 0.3 is 0 Å². The minimum absolute atomic E-state index is 0.0602. The Hall–Kier alpha value is -0.130. The summed E-state index contributed by atoms with van der Waals surface area (Å²) in [7, 11) is -1.32. The van der Waals surface area contributed by atoms with Crippen molar-refractivity contribution in [1.29, 1.82) is 0 Å². The molecule has 1 heterocycles. The van der Waals surface area contributed by atoms with Crippen LogP contribution >= 0.6 is 0 Å². The van der Waals surface area contributed by atoms with Gasteiger partial charge in [-0.3, -0.25) is 0 Å². The summed E-state index contributed by atoms with van der Waals surface area (Å²) in [5.74, 6) is -0.0385. The highest BCUT2D eigenvalue weighted by Crippen LogP contribution is 2.11. The largest absolute Gasteiger partial charge is 0.390 e. The van der Waals surface area contributed by atoms with Crippen LogP contribution in [0.5, 0.6) is 0 Å². The fraction of sp³-hybridized carbons (Fsp3) is 1.00. The van der Waals surface area contributed by atoms with E-state index in [0.717, 1.165) is 0 Å². The molecule has 2 N–H and O–H groups in total. The lowest BCUT2D eigenvalue weighted by Gasteiger charge is -2.09. The first-order chi connectivity index (χ1) is 4.55. The number of sulfone groups is 1. The van der Waals surface area contributed by atoms with Gasteiger partial charge in [-0.1, -0.05) is 0 Å². The fourth-order valence-electron chi connectivity index (χ4n) is 1.10. The predicted molar refractivity (Wildman–Crippen MR) is 37.5 cm³/mol. The van der Waals surface area contributed by atoms with Crippen molar-refractivity contribution >= 4 is 9.84 Å². The lowest BCUT2D eigenvalue weighted by Crippen LogP contribution is -2.35. The lowest BCUT2D eigenvalue weighted by atomic mass is 10.2. The standard InChI is InChI=1S/C5H11NO3S/c1-6-4-2-10(8,9)3-5(4)7/h4-7H,2-3H2,1H3/t4-,5+/m0/s1. The topological polar surface area (TPSA) is 66.4 Å². The van der Waals surface area contributed by atoms with Crippen molar-refractivity contribution in [2.45, 2.75) is 12.1 Å². The molecule has 1 fully saturated rings. The Kier molecular flexibility index (Phi) is 1.98.